The van der Waals surface area contributed by atoms with E-state index in [1.54, 1.807) is 0 Å². The highest BCUT2D eigenvalue weighted by molar-refractivity contribution is 7.80. The number of para-hydroxylation sites is 1. The van der Waals surface area contributed by atoms with Crippen LogP contribution < -0.4 is 25.0 Å². The van der Waals surface area contributed by atoms with Crippen molar-refractivity contribution in [3.8, 4) is 11.5 Å². The average molecular weight is 355 g/mol. The van der Waals surface area contributed by atoms with E-state index in [-0.39, 0.29) is 6.79 Å². The van der Waals surface area contributed by atoms with Crippen LogP contribution in [0.5, 0.6) is 11.5 Å². The Morgan fingerprint density at radius 2 is 2.00 bits per heavy atom. The number of anilines is 2. The molecule has 0 saturated heterocycles. The summed E-state index contributed by atoms with van der Waals surface area (Å²) in [6.45, 7) is 3.27. The molecular formula is C19H21N3O2S. The van der Waals surface area contributed by atoms with Gasteiger partial charge in [0.15, 0.2) is 16.6 Å². The third kappa shape index (κ3) is 3.64. The van der Waals surface area contributed by atoms with Crippen LogP contribution in [-0.4, -0.2) is 31.5 Å². The minimum atomic E-state index is 0.279. The Kier molecular flexibility index (Phi) is 4.61. The highest BCUT2D eigenvalue weighted by Gasteiger charge is 2.17. The smallest absolute Gasteiger partial charge is 0.231 e. The summed E-state index contributed by atoms with van der Waals surface area (Å²) in [6.07, 6.45) is 2.19. The fourth-order valence-electron chi connectivity index (χ4n) is 3.26. The fraction of sp³-hybridized carbons (Fsp3) is 0.316. The highest BCUT2D eigenvalue weighted by atomic mass is 32.1. The predicted octanol–water partition coefficient (Wildman–Crippen LogP) is 3.15. The Hall–Kier alpha value is -2.47. The third-order valence-corrected chi connectivity index (χ3v) is 4.75. The highest BCUT2D eigenvalue weighted by Crippen LogP contribution is 2.34. The number of nitrogens with zero attached hydrogens (tertiary/aromatic N) is 1. The molecule has 2 N–H and O–H groups in total. The zero-order valence-corrected chi connectivity index (χ0v) is 14.8. The van der Waals surface area contributed by atoms with E-state index in [4.69, 9.17) is 21.7 Å². The van der Waals surface area contributed by atoms with Crippen molar-refractivity contribution in [3.63, 3.8) is 0 Å². The SMILES string of the molecule is S=C(NCCCN1CCc2ccccc21)Nc1ccc2c(c1)OCO2. The van der Waals surface area contributed by atoms with Crippen molar-refractivity contribution in [1.82, 2.24) is 5.32 Å². The second kappa shape index (κ2) is 7.19. The van der Waals surface area contributed by atoms with Crippen molar-refractivity contribution in [2.75, 3.05) is 36.6 Å². The normalized spacial score (nSPS) is 14.3. The van der Waals surface area contributed by atoms with Crippen LogP contribution in [-0.2, 0) is 6.42 Å². The molecule has 6 heteroatoms. The van der Waals surface area contributed by atoms with Crippen LogP contribution in [0, 0.1) is 0 Å². The van der Waals surface area contributed by atoms with E-state index in [1.807, 2.05) is 18.2 Å². The molecule has 0 bridgehead atoms. The van der Waals surface area contributed by atoms with E-state index in [2.05, 4.69) is 39.8 Å². The van der Waals surface area contributed by atoms with Gasteiger partial charge in [-0.2, -0.15) is 0 Å². The average Bonchev–Trinajstić information content (AvgIpc) is 3.25. The number of fused-ring (bicyclic) bond motifs is 2. The molecule has 2 aromatic rings. The fourth-order valence-corrected chi connectivity index (χ4v) is 3.48. The third-order valence-electron chi connectivity index (χ3n) is 4.50. The zero-order chi connectivity index (χ0) is 17.1. The second-order valence-corrected chi connectivity index (χ2v) is 6.58. The van der Waals surface area contributed by atoms with Crippen LogP contribution >= 0.6 is 12.2 Å². The summed E-state index contributed by atoms with van der Waals surface area (Å²) in [5.74, 6) is 1.52. The lowest BCUT2D eigenvalue weighted by Gasteiger charge is -2.19. The lowest BCUT2D eigenvalue weighted by Crippen LogP contribution is -2.32. The molecule has 2 aromatic carbocycles. The van der Waals surface area contributed by atoms with Gasteiger partial charge >= 0.3 is 0 Å². The predicted molar refractivity (Wildman–Crippen MR) is 104 cm³/mol. The number of ether oxygens (including phenoxy) is 2. The minimum absolute atomic E-state index is 0.279. The number of hydrogen-bond acceptors (Lipinski definition) is 4. The molecule has 0 saturated carbocycles. The molecular weight excluding hydrogens is 334 g/mol. The first-order valence-corrected chi connectivity index (χ1v) is 8.98. The van der Waals surface area contributed by atoms with Gasteiger partial charge in [-0.05, 0) is 48.8 Å². The Morgan fingerprint density at radius 3 is 2.96 bits per heavy atom. The van der Waals surface area contributed by atoms with Crippen molar-refractivity contribution in [3.05, 3.63) is 48.0 Å². The number of thiocarbonyl (C=S) groups is 1. The van der Waals surface area contributed by atoms with Crippen LogP contribution in [0.25, 0.3) is 0 Å². The van der Waals surface area contributed by atoms with Crippen LogP contribution in [0.15, 0.2) is 42.5 Å². The Morgan fingerprint density at radius 1 is 1.12 bits per heavy atom. The van der Waals surface area contributed by atoms with Crippen molar-refractivity contribution < 1.29 is 9.47 Å². The number of nitrogens with one attached hydrogen (secondary N) is 2. The van der Waals surface area contributed by atoms with Gasteiger partial charge in [0.25, 0.3) is 0 Å². The first kappa shape index (κ1) is 16.0. The Labute approximate surface area is 152 Å². The van der Waals surface area contributed by atoms with Crippen LogP contribution in [0.2, 0.25) is 0 Å². The summed E-state index contributed by atoms with van der Waals surface area (Å²) < 4.78 is 10.7. The van der Waals surface area contributed by atoms with Gasteiger partial charge in [-0.25, -0.2) is 0 Å². The monoisotopic (exact) mass is 355 g/mol. The summed E-state index contributed by atoms with van der Waals surface area (Å²) in [7, 11) is 0. The Bertz CT molecular complexity index is 781. The zero-order valence-electron chi connectivity index (χ0n) is 14.0. The summed E-state index contributed by atoms with van der Waals surface area (Å²) >= 11 is 5.37. The molecule has 2 heterocycles. The van der Waals surface area contributed by atoms with E-state index in [0.717, 1.165) is 49.7 Å². The molecule has 0 atom stereocenters. The van der Waals surface area contributed by atoms with Gasteiger partial charge in [-0.15, -0.1) is 0 Å². The van der Waals surface area contributed by atoms with E-state index in [0.29, 0.717) is 5.11 Å². The number of benzene rings is 2. The molecule has 130 valence electrons. The van der Waals surface area contributed by atoms with Gasteiger partial charge in [0.2, 0.25) is 6.79 Å². The van der Waals surface area contributed by atoms with Gasteiger partial charge in [0, 0.05) is 37.1 Å². The van der Waals surface area contributed by atoms with Gasteiger partial charge in [0.1, 0.15) is 0 Å². The molecule has 2 aliphatic rings. The Balaban J connectivity index is 1.21. The first-order valence-electron chi connectivity index (χ1n) is 8.57. The van der Waals surface area contributed by atoms with E-state index < -0.39 is 0 Å². The summed E-state index contributed by atoms with van der Waals surface area (Å²) in [4.78, 5) is 2.45. The van der Waals surface area contributed by atoms with Crippen molar-refractivity contribution in [2.24, 2.45) is 0 Å². The van der Waals surface area contributed by atoms with E-state index in [1.165, 1.54) is 11.3 Å². The minimum Gasteiger partial charge on any atom is -0.454 e. The molecule has 0 amide bonds. The summed E-state index contributed by atoms with van der Waals surface area (Å²) in [5, 5.41) is 7.08. The molecule has 0 aromatic heterocycles. The second-order valence-electron chi connectivity index (χ2n) is 6.17. The van der Waals surface area contributed by atoms with Gasteiger partial charge in [0.05, 0.1) is 0 Å². The van der Waals surface area contributed by atoms with E-state index in [9.17, 15) is 0 Å². The van der Waals surface area contributed by atoms with Gasteiger partial charge in [-0.3, -0.25) is 0 Å². The van der Waals surface area contributed by atoms with Crippen molar-refractivity contribution in [2.45, 2.75) is 12.8 Å². The largest absolute Gasteiger partial charge is 0.454 e. The summed E-state index contributed by atoms with van der Waals surface area (Å²) in [6, 6.07) is 14.4. The molecule has 0 unspecified atom stereocenters. The summed E-state index contributed by atoms with van der Waals surface area (Å²) in [5.41, 5.74) is 3.73. The molecule has 0 spiro atoms. The molecule has 2 aliphatic heterocycles. The van der Waals surface area contributed by atoms with Crippen molar-refractivity contribution in [1.29, 1.82) is 0 Å². The first-order chi connectivity index (χ1) is 12.3. The maximum Gasteiger partial charge on any atom is 0.231 e. The molecule has 0 fully saturated rings. The standard InChI is InChI=1S/C19H21N3O2S/c25-19(21-15-6-7-17-18(12-15)24-13-23-17)20-9-3-10-22-11-8-14-4-1-2-5-16(14)22/h1-2,4-7,12H,3,8-11,13H2,(H2,20,21,25). The lowest BCUT2D eigenvalue weighted by molar-refractivity contribution is 0.174. The lowest BCUT2D eigenvalue weighted by atomic mass is 10.2. The van der Waals surface area contributed by atoms with E-state index >= 15 is 0 Å². The number of hydrogen-bond donors (Lipinski definition) is 2. The van der Waals surface area contributed by atoms with Gasteiger partial charge in [-0.1, -0.05) is 18.2 Å². The van der Waals surface area contributed by atoms with Crippen LogP contribution in [0.1, 0.15) is 12.0 Å². The van der Waals surface area contributed by atoms with Crippen LogP contribution in [0.3, 0.4) is 0 Å². The maximum absolute atomic E-state index is 5.37. The number of rotatable bonds is 5. The molecule has 4 rings (SSSR count). The van der Waals surface area contributed by atoms with Crippen LogP contribution in [0.4, 0.5) is 11.4 Å². The molecule has 0 aliphatic carbocycles. The molecule has 25 heavy (non-hydrogen) atoms. The maximum atomic E-state index is 5.37. The topological polar surface area (TPSA) is 45.8 Å². The van der Waals surface area contributed by atoms with Gasteiger partial charge < -0.3 is 25.0 Å². The quantitative estimate of drug-likeness (QED) is 0.635. The molecule has 5 nitrogen and oxygen atoms in total. The van der Waals surface area contributed by atoms with Crippen molar-refractivity contribution >= 4 is 28.7 Å². The molecule has 0 radical (unpaired) electrons.